The van der Waals surface area contributed by atoms with E-state index in [4.69, 9.17) is 8.83 Å². The Hall–Kier alpha value is -7.28. The SMILES string of the molecule is CC1(C)c2ccccc2N(c2cc(N3c4ccccc4C(C)(C)c4ccc5c(oc6ccccc65)c43)c(C#N)cc2C#N)c2c1ccc1c2oc2ccccc21. The summed E-state index contributed by atoms with van der Waals surface area (Å²) in [4.78, 5) is 4.37. The lowest BCUT2D eigenvalue weighted by Gasteiger charge is -2.43. The van der Waals surface area contributed by atoms with Crippen LogP contribution in [0.3, 0.4) is 0 Å². The van der Waals surface area contributed by atoms with E-state index in [1.165, 1.54) is 0 Å². The lowest BCUT2D eigenvalue weighted by atomic mass is 9.73. The Bertz CT molecular complexity index is 3040. The fourth-order valence-electron chi connectivity index (χ4n) is 9.55. The van der Waals surface area contributed by atoms with Crippen LogP contribution >= 0.6 is 0 Å². The molecular weight excluding hydrogens is 689 g/mol. The molecule has 0 unspecified atom stereocenters. The summed E-state index contributed by atoms with van der Waals surface area (Å²) in [6, 6.07) is 50.5. The molecule has 9 aromatic rings. The van der Waals surface area contributed by atoms with E-state index in [2.05, 4.69) is 122 Å². The highest BCUT2D eigenvalue weighted by Gasteiger charge is 2.42. The molecule has 2 aliphatic heterocycles. The molecule has 266 valence electrons. The van der Waals surface area contributed by atoms with Crippen molar-refractivity contribution < 1.29 is 8.83 Å². The fourth-order valence-corrected chi connectivity index (χ4v) is 9.55. The summed E-state index contributed by atoms with van der Waals surface area (Å²) >= 11 is 0. The largest absolute Gasteiger partial charge is 0.454 e. The van der Waals surface area contributed by atoms with E-state index >= 15 is 0 Å². The number of hydrogen-bond acceptors (Lipinski definition) is 6. The Morgan fingerprint density at radius 3 is 1.29 bits per heavy atom. The van der Waals surface area contributed by atoms with E-state index in [1.54, 1.807) is 6.07 Å². The van der Waals surface area contributed by atoms with Gasteiger partial charge in [-0.15, -0.1) is 0 Å². The lowest BCUT2D eigenvalue weighted by molar-refractivity contribution is 0.623. The fraction of sp³-hybridized carbons (Fsp3) is 0.120. The monoisotopic (exact) mass is 722 g/mol. The molecule has 7 aromatic carbocycles. The number of rotatable bonds is 2. The third-order valence-electron chi connectivity index (χ3n) is 12.3. The summed E-state index contributed by atoms with van der Waals surface area (Å²) in [7, 11) is 0. The highest BCUT2D eigenvalue weighted by molar-refractivity contribution is 6.14. The molecule has 2 aromatic heterocycles. The quantitative estimate of drug-likeness (QED) is 0.177. The number of para-hydroxylation sites is 4. The Morgan fingerprint density at radius 2 is 0.839 bits per heavy atom. The maximum absolute atomic E-state index is 11.0. The van der Waals surface area contributed by atoms with Gasteiger partial charge in [-0.1, -0.05) is 125 Å². The number of hydrogen-bond donors (Lipinski definition) is 0. The van der Waals surface area contributed by atoms with Crippen molar-refractivity contribution in [2.75, 3.05) is 9.80 Å². The first-order valence-corrected chi connectivity index (χ1v) is 18.9. The van der Waals surface area contributed by atoms with Crippen molar-refractivity contribution in [3.05, 3.63) is 167 Å². The number of fused-ring (bicyclic) bond motifs is 12. The molecule has 0 aliphatic carbocycles. The van der Waals surface area contributed by atoms with Crippen LogP contribution in [0.15, 0.2) is 142 Å². The van der Waals surface area contributed by atoms with Gasteiger partial charge in [0.05, 0.1) is 45.3 Å². The summed E-state index contributed by atoms with van der Waals surface area (Å²) < 4.78 is 13.5. The predicted octanol–water partition coefficient (Wildman–Crippen LogP) is 13.4. The standard InChI is InChI=1S/C50H34N4O2/c1-49(2)35-15-7-9-17-39(35)53(45-37(49)23-21-33-31-13-5-11-19-43(31)55-47(33)45)41-26-42(30(28-52)25-29(41)27-51)54-40-18-10-8-16-36(40)50(3,4)38-24-22-34-32-14-6-12-20-44(32)56-48(34)46(38)54/h5-26H,1-4H3. The van der Waals surface area contributed by atoms with Gasteiger partial charge in [0.1, 0.15) is 23.3 Å². The summed E-state index contributed by atoms with van der Waals surface area (Å²) in [5.74, 6) is 0. The van der Waals surface area contributed by atoms with Crippen molar-refractivity contribution in [1.82, 2.24) is 0 Å². The molecule has 0 atom stereocenters. The first kappa shape index (κ1) is 32.2. The molecule has 0 saturated heterocycles. The third kappa shape index (κ3) is 4.08. The molecule has 6 nitrogen and oxygen atoms in total. The van der Waals surface area contributed by atoms with Crippen LogP contribution in [0.1, 0.15) is 61.1 Å². The van der Waals surface area contributed by atoms with Crippen LogP contribution in [0.25, 0.3) is 43.9 Å². The number of anilines is 6. The Morgan fingerprint density at radius 1 is 0.429 bits per heavy atom. The average molecular weight is 723 g/mol. The van der Waals surface area contributed by atoms with Gasteiger partial charge in [-0.3, -0.25) is 0 Å². The van der Waals surface area contributed by atoms with Crippen molar-refractivity contribution in [2.24, 2.45) is 0 Å². The van der Waals surface area contributed by atoms with E-state index in [0.717, 1.165) is 88.9 Å². The molecule has 56 heavy (non-hydrogen) atoms. The maximum Gasteiger partial charge on any atom is 0.159 e. The molecule has 11 rings (SSSR count). The Balaban J connectivity index is 1.27. The maximum atomic E-state index is 11.0. The summed E-state index contributed by atoms with van der Waals surface area (Å²) in [6.07, 6.45) is 0. The summed E-state index contributed by atoms with van der Waals surface area (Å²) in [5, 5.41) is 26.0. The van der Waals surface area contributed by atoms with Gasteiger partial charge in [-0.05, 0) is 58.7 Å². The van der Waals surface area contributed by atoms with Crippen LogP contribution in [0.4, 0.5) is 34.1 Å². The minimum Gasteiger partial charge on any atom is -0.454 e. The molecule has 0 saturated carbocycles. The van der Waals surface area contributed by atoms with Gasteiger partial charge in [0.15, 0.2) is 11.2 Å². The second-order valence-electron chi connectivity index (χ2n) is 15.9. The zero-order valence-corrected chi connectivity index (χ0v) is 31.3. The van der Waals surface area contributed by atoms with Crippen LogP contribution in [-0.2, 0) is 10.8 Å². The van der Waals surface area contributed by atoms with Crippen LogP contribution < -0.4 is 9.80 Å². The molecule has 0 fully saturated rings. The van der Waals surface area contributed by atoms with Crippen molar-refractivity contribution >= 4 is 78.0 Å². The molecular formula is C50H34N4O2. The van der Waals surface area contributed by atoms with Crippen LogP contribution in [0, 0.1) is 22.7 Å². The van der Waals surface area contributed by atoms with Gasteiger partial charge in [-0.2, -0.15) is 10.5 Å². The highest BCUT2D eigenvalue weighted by atomic mass is 16.3. The minimum atomic E-state index is -0.388. The second-order valence-corrected chi connectivity index (χ2v) is 15.9. The molecule has 0 N–H and O–H groups in total. The molecule has 0 radical (unpaired) electrons. The number of furan rings is 2. The normalized spacial score (nSPS) is 15.0. The summed E-state index contributed by atoms with van der Waals surface area (Å²) in [6.45, 7) is 8.98. The van der Waals surface area contributed by atoms with E-state index in [0.29, 0.717) is 22.5 Å². The number of benzene rings is 7. The first-order valence-electron chi connectivity index (χ1n) is 18.9. The van der Waals surface area contributed by atoms with Crippen molar-refractivity contribution in [2.45, 2.75) is 38.5 Å². The van der Waals surface area contributed by atoms with Gasteiger partial charge in [0.25, 0.3) is 0 Å². The summed E-state index contributed by atoms with van der Waals surface area (Å²) in [5.41, 5.74) is 12.5. The van der Waals surface area contributed by atoms with Crippen LogP contribution in [0.5, 0.6) is 0 Å². The van der Waals surface area contributed by atoms with E-state index in [1.807, 2.05) is 54.6 Å². The van der Waals surface area contributed by atoms with Crippen LogP contribution in [0.2, 0.25) is 0 Å². The van der Waals surface area contributed by atoms with Crippen molar-refractivity contribution in [1.29, 1.82) is 10.5 Å². The van der Waals surface area contributed by atoms with Gasteiger partial charge < -0.3 is 18.6 Å². The average Bonchev–Trinajstić information content (AvgIpc) is 3.80. The lowest BCUT2D eigenvalue weighted by Crippen LogP contribution is -2.32. The van der Waals surface area contributed by atoms with Crippen LogP contribution in [-0.4, -0.2) is 0 Å². The highest BCUT2D eigenvalue weighted by Crippen LogP contribution is 2.59. The molecule has 0 spiro atoms. The third-order valence-corrected chi connectivity index (χ3v) is 12.3. The van der Waals surface area contributed by atoms with Gasteiger partial charge in [0.2, 0.25) is 0 Å². The van der Waals surface area contributed by atoms with Gasteiger partial charge in [-0.25, -0.2) is 0 Å². The Kier molecular flexibility index (Phi) is 6.40. The molecule has 6 heteroatoms. The molecule has 0 bridgehead atoms. The van der Waals surface area contributed by atoms with Crippen molar-refractivity contribution in [3.8, 4) is 12.1 Å². The second kappa shape index (κ2) is 11.1. The molecule has 0 amide bonds. The smallest absolute Gasteiger partial charge is 0.159 e. The van der Waals surface area contributed by atoms with Gasteiger partial charge in [0, 0.05) is 32.4 Å². The first-order chi connectivity index (χ1) is 27.2. The zero-order valence-electron chi connectivity index (χ0n) is 31.3. The molecule has 4 heterocycles. The Labute approximate surface area is 323 Å². The minimum absolute atomic E-state index is 0.381. The number of nitriles is 2. The number of nitrogens with zero attached hydrogens (tertiary/aromatic N) is 4. The predicted molar refractivity (Wildman–Crippen MR) is 224 cm³/mol. The molecule has 2 aliphatic rings. The van der Waals surface area contributed by atoms with Gasteiger partial charge >= 0.3 is 0 Å². The van der Waals surface area contributed by atoms with Crippen molar-refractivity contribution in [3.63, 3.8) is 0 Å². The van der Waals surface area contributed by atoms with E-state index < -0.39 is 0 Å². The van der Waals surface area contributed by atoms with E-state index in [-0.39, 0.29) is 10.8 Å². The zero-order chi connectivity index (χ0) is 38.1. The topological polar surface area (TPSA) is 80.3 Å². The van der Waals surface area contributed by atoms with E-state index in [9.17, 15) is 10.5 Å².